The molecule has 122 valence electrons. The van der Waals surface area contributed by atoms with E-state index >= 15 is 0 Å². The number of nitriles is 1. The molecule has 0 saturated heterocycles. The number of carbonyl (C=O) groups is 1. The van der Waals surface area contributed by atoms with Crippen LogP contribution in [-0.4, -0.2) is 27.8 Å². The van der Waals surface area contributed by atoms with Gasteiger partial charge in [0.05, 0.1) is 6.61 Å². The smallest absolute Gasteiger partial charge is 0.348 e. The number of benzene rings is 1. The largest absolute Gasteiger partial charge is 0.504 e. The van der Waals surface area contributed by atoms with Crippen molar-refractivity contribution in [1.29, 1.82) is 5.26 Å². The van der Waals surface area contributed by atoms with Gasteiger partial charge in [0.25, 0.3) is 0 Å². The number of carbonyl (C=O) groups excluding carboxylic acids is 1. The predicted octanol–water partition coefficient (Wildman–Crippen LogP) is 2.58. The van der Waals surface area contributed by atoms with E-state index in [2.05, 4.69) is 4.98 Å². The van der Waals surface area contributed by atoms with Crippen LogP contribution >= 0.6 is 0 Å². The monoisotopic (exact) mass is 324 g/mol. The minimum Gasteiger partial charge on any atom is -0.504 e. The Hall–Kier alpha value is -3.33. The van der Waals surface area contributed by atoms with Crippen LogP contribution in [0.3, 0.4) is 0 Å². The Labute approximate surface area is 139 Å². The van der Waals surface area contributed by atoms with Crippen LogP contribution in [0.5, 0.6) is 11.5 Å². The van der Waals surface area contributed by atoms with Crippen molar-refractivity contribution >= 4 is 12.0 Å². The molecule has 0 fully saturated rings. The van der Waals surface area contributed by atoms with E-state index in [4.69, 9.17) is 10.00 Å². The first-order chi connectivity index (χ1) is 11.6. The zero-order chi connectivity index (χ0) is 17.4. The molecule has 24 heavy (non-hydrogen) atoms. The van der Waals surface area contributed by atoms with Crippen molar-refractivity contribution in [3.8, 4) is 17.6 Å². The van der Waals surface area contributed by atoms with Gasteiger partial charge in [-0.3, -0.25) is 4.98 Å². The molecule has 2 aromatic rings. The Kier molecular flexibility index (Phi) is 5.92. The molecule has 0 aliphatic rings. The predicted molar refractivity (Wildman–Crippen MR) is 86.9 cm³/mol. The standard InChI is InChI=1S/C18H16N2O4/c19-12-14(10-13-6-7-16(21)17(22)11-13)18(23)24-9-3-5-15-4-1-2-8-20-15/h1-2,4,6-8,10-11,21-22H,3,5,9H2. The van der Waals surface area contributed by atoms with Gasteiger partial charge in [-0.15, -0.1) is 0 Å². The molecule has 2 N–H and O–H groups in total. The van der Waals surface area contributed by atoms with Gasteiger partial charge >= 0.3 is 5.97 Å². The number of aryl methyl sites for hydroxylation is 1. The van der Waals surface area contributed by atoms with E-state index in [9.17, 15) is 15.0 Å². The maximum atomic E-state index is 11.9. The summed E-state index contributed by atoms with van der Waals surface area (Å²) in [6, 6.07) is 11.4. The van der Waals surface area contributed by atoms with Crippen LogP contribution in [0.4, 0.5) is 0 Å². The van der Waals surface area contributed by atoms with Crippen LogP contribution in [0, 0.1) is 11.3 Å². The average molecular weight is 324 g/mol. The highest BCUT2D eigenvalue weighted by atomic mass is 16.5. The van der Waals surface area contributed by atoms with E-state index in [-0.39, 0.29) is 23.7 Å². The number of phenols is 2. The molecule has 1 heterocycles. The molecule has 0 amide bonds. The van der Waals surface area contributed by atoms with E-state index in [1.807, 2.05) is 18.2 Å². The SMILES string of the molecule is N#CC(=Cc1ccc(O)c(O)c1)C(=O)OCCCc1ccccn1. The summed E-state index contributed by atoms with van der Waals surface area (Å²) in [6.07, 6.45) is 4.26. The van der Waals surface area contributed by atoms with Gasteiger partial charge < -0.3 is 14.9 Å². The summed E-state index contributed by atoms with van der Waals surface area (Å²) in [4.78, 5) is 16.1. The summed E-state index contributed by atoms with van der Waals surface area (Å²) in [5, 5.41) is 27.7. The maximum Gasteiger partial charge on any atom is 0.348 e. The number of rotatable bonds is 6. The lowest BCUT2D eigenvalue weighted by atomic mass is 10.1. The molecule has 2 rings (SSSR count). The number of aromatic hydroxyl groups is 2. The first-order valence-corrected chi connectivity index (χ1v) is 7.31. The second kappa shape index (κ2) is 8.34. The number of pyridine rings is 1. The van der Waals surface area contributed by atoms with Crippen LogP contribution in [0.15, 0.2) is 48.2 Å². The molecule has 0 bridgehead atoms. The van der Waals surface area contributed by atoms with Gasteiger partial charge in [-0.05, 0) is 48.7 Å². The summed E-state index contributed by atoms with van der Waals surface area (Å²) in [5.74, 6) is -1.33. The summed E-state index contributed by atoms with van der Waals surface area (Å²) < 4.78 is 5.07. The third-order valence-electron chi connectivity index (χ3n) is 3.19. The highest BCUT2D eigenvalue weighted by Crippen LogP contribution is 2.25. The van der Waals surface area contributed by atoms with Crippen molar-refractivity contribution in [1.82, 2.24) is 4.98 Å². The molecule has 0 atom stereocenters. The number of phenolic OH excluding ortho intramolecular Hbond substituents is 2. The third kappa shape index (κ3) is 4.85. The second-order valence-corrected chi connectivity index (χ2v) is 4.98. The highest BCUT2D eigenvalue weighted by Gasteiger charge is 2.11. The van der Waals surface area contributed by atoms with Crippen LogP contribution in [0.1, 0.15) is 17.7 Å². The second-order valence-electron chi connectivity index (χ2n) is 4.98. The lowest BCUT2D eigenvalue weighted by Gasteiger charge is -2.04. The van der Waals surface area contributed by atoms with Gasteiger partial charge in [0, 0.05) is 11.9 Å². The molecular weight excluding hydrogens is 308 g/mol. The Morgan fingerprint density at radius 1 is 1.25 bits per heavy atom. The Morgan fingerprint density at radius 3 is 2.75 bits per heavy atom. The van der Waals surface area contributed by atoms with Gasteiger partial charge in [0.2, 0.25) is 0 Å². The van der Waals surface area contributed by atoms with Gasteiger partial charge in [-0.1, -0.05) is 12.1 Å². The van der Waals surface area contributed by atoms with Crippen molar-refractivity contribution in [2.45, 2.75) is 12.8 Å². The van der Waals surface area contributed by atoms with E-state index in [0.717, 1.165) is 5.69 Å². The quantitative estimate of drug-likeness (QED) is 0.278. The molecule has 0 unspecified atom stereocenters. The van der Waals surface area contributed by atoms with E-state index < -0.39 is 5.97 Å². The third-order valence-corrected chi connectivity index (χ3v) is 3.19. The highest BCUT2D eigenvalue weighted by molar-refractivity contribution is 5.97. The van der Waals surface area contributed by atoms with Crippen molar-refractivity contribution < 1.29 is 19.7 Å². The van der Waals surface area contributed by atoms with E-state index in [0.29, 0.717) is 18.4 Å². The summed E-state index contributed by atoms with van der Waals surface area (Å²) >= 11 is 0. The van der Waals surface area contributed by atoms with Crippen molar-refractivity contribution in [2.75, 3.05) is 6.61 Å². The van der Waals surface area contributed by atoms with E-state index in [1.165, 1.54) is 24.3 Å². The Bertz CT molecular complexity index is 779. The first-order valence-electron chi connectivity index (χ1n) is 7.31. The lowest BCUT2D eigenvalue weighted by molar-refractivity contribution is -0.138. The molecular formula is C18H16N2O4. The minimum atomic E-state index is -0.730. The molecule has 0 spiro atoms. The van der Waals surface area contributed by atoms with Gasteiger partial charge in [0.15, 0.2) is 11.5 Å². The van der Waals surface area contributed by atoms with Gasteiger partial charge in [-0.25, -0.2) is 4.79 Å². The zero-order valence-corrected chi connectivity index (χ0v) is 12.8. The van der Waals surface area contributed by atoms with Crippen molar-refractivity contribution in [3.05, 3.63) is 59.4 Å². The molecule has 1 aromatic carbocycles. The molecule has 6 heteroatoms. The number of ether oxygens (including phenoxy) is 1. The molecule has 0 radical (unpaired) electrons. The van der Waals surface area contributed by atoms with Gasteiger partial charge in [0.1, 0.15) is 11.6 Å². The number of esters is 1. The van der Waals surface area contributed by atoms with Crippen LogP contribution < -0.4 is 0 Å². The van der Waals surface area contributed by atoms with Crippen LogP contribution in [0.2, 0.25) is 0 Å². The number of hydrogen-bond acceptors (Lipinski definition) is 6. The Balaban J connectivity index is 1.90. The van der Waals surface area contributed by atoms with Gasteiger partial charge in [-0.2, -0.15) is 5.26 Å². The summed E-state index contributed by atoms with van der Waals surface area (Å²) in [7, 11) is 0. The molecule has 0 aliphatic heterocycles. The van der Waals surface area contributed by atoms with E-state index in [1.54, 1.807) is 12.3 Å². The first kappa shape index (κ1) is 17.0. The maximum absolute atomic E-state index is 11.9. The van der Waals surface area contributed by atoms with Crippen molar-refractivity contribution in [3.63, 3.8) is 0 Å². The molecule has 0 saturated carbocycles. The number of nitrogens with zero attached hydrogens (tertiary/aromatic N) is 2. The molecule has 1 aromatic heterocycles. The normalized spacial score (nSPS) is 10.9. The molecule has 6 nitrogen and oxygen atoms in total. The topological polar surface area (TPSA) is 103 Å². The van der Waals surface area contributed by atoms with Crippen LogP contribution in [-0.2, 0) is 16.0 Å². The fraction of sp³-hybridized carbons (Fsp3) is 0.167. The minimum absolute atomic E-state index is 0.176. The lowest BCUT2D eigenvalue weighted by Crippen LogP contribution is -2.08. The average Bonchev–Trinajstić information content (AvgIpc) is 2.60. The summed E-state index contributed by atoms with van der Waals surface area (Å²) in [5.41, 5.74) is 1.13. The fourth-order valence-electron chi connectivity index (χ4n) is 1.98. The van der Waals surface area contributed by atoms with Crippen molar-refractivity contribution in [2.24, 2.45) is 0 Å². The number of hydrogen-bond donors (Lipinski definition) is 2. The Morgan fingerprint density at radius 2 is 2.08 bits per heavy atom. The zero-order valence-electron chi connectivity index (χ0n) is 12.8. The van der Waals surface area contributed by atoms with Crippen LogP contribution in [0.25, 0.3) is 6.08 Å². The molecule has 0 aliphatic carbocycles. The number of aromatic nitrogens is 1. The fourth-order valence-corrected chi connectivity index (χ4v) is 1.98. The summed E-state index contributed by atoms with van der Waals surface area (Å²) in [6.45, 7) is 0.176.